The van der Waals surface area contributed by atoms with E-state index in [1.807, 2.05) is 20.8 Å². The normalized spacial score (nSPS) is 13.2. The summed E-state index contributed by atoms with van der Waals surface area (Å²) in [5.41, 5.74) is 3.41. The lowest BCUT2D eigenvalue weighted by atomic mass is 9.93. The van der Waals surface area contributed by atoms with Crippen LogP contribution in [-0.4, -0.2) is 5.91 Å². The van der Waals surface area contributed by atoms with Crippen LogP contribution in [-0.2, 0) is 4.79 Å². The minimum Gasteiger partial charge on any atom is -0.349 e. The average Bonchev–Trinajstić information content (AvgIpc) is 2.28. The topological polar surface area (TPSA) is 29.1 Å². The van der Waals surface area contributed by atoms with E-state index in [0.717, 1.165) is 6.42 Å². The maximum Gasteiger partial charge on any atom is 0.225 e. The number of rotatable bonds is 3. The van der Waals surface area contributed by atoms with Gasteiger partial charge >= 0.3 is 0 Å². The van der Waals surface area contributed by atoms with Gasteiger partial charge < -0.3 is 5.32 Å². The molecular weight excluding hydrogens is 222 g/mol. The first-order valence-corrected chi connectivity index (χ1v) is 6.63. The standard InChI is InChI=1S/C16H25NO/c1-7-14(17-15(18)16(4,5)6)13-9-8-11(2)12(3)10-13/h8-10,14H,7H2,1-6H3,(H,17,18)/t14-/m0/s1. The summed E-state index contributed by atoms with van der Waals surface area (Å²) in [7, 11) is 0. The highest BCUT2D eigenvalue weighted by atomic mass is 16.2. The second-order valence-corrected chi connectivity index (χ2v) is 6.03. The smallest absolute Gasteiger partial charge is 0.225 e. The Bertz CT molecular complexity index is 429. The molecule has 2 heteroatoms. The molecule has 1 aromatic rings. The van der Waals surface area contributed by atoms with Gasteiger partial charge in [0.25, 0.3) is 0 Å². The highest BCUT2D eigenvalue weighted by Crippen LogP contribution is 2.22. The Morgan fingerprint density at radius 2 is 1.83 bits per heavy atom. The van der Waals surface area contributed by atoms with Gasteiger partial charge in [-0.1, -0.05) is 45.9 Å². The molecule has 0 saturated carbocycles. The molecule has 1 atom stereocenters. The Morgan fingerprint density at radius 3 is 2.28 bits per heavy atom. The molecule has 1 rings (SSSR count). The fourth-order valence-corrected chi connectivity index (χ4v) is 1.78. The second kappa shape index (κ2) is 5.55. The van der Waals surface area contributed by atoms with Crippen LogP contribution in [0.2, 0.25) is 0 Å². The van der Waals surface area contributed by atoms with E-state index in [-0.39, 0.29) is 17.4 Å². The van der Waals surface area contributed by atoms with E-state index in [1.165, 1.54) is 16.7 Å². The van der Waals surface area contributed by atoms with E-state index in [2.05, 4.69) is 44.3 Å². The molecule has 0 fully saturated rings. The Kier molecular flexibility index (Phi) is 4.55. The van der Waals surface area contributed by atoms with Crippen molar-refractivity contribution in [1.29, 1.82) is 0 Å². The zero-order chi connectivity index (χ0) is 13.9. The molecular formula is C16H25NO. The van der Waals surface area contributed by atoms with Crippen molar-refractivity contribution in [3.63, 3.8) is 0 Å². The fraction of sp³-hybridized carbons (Fsp3) is 0.562. The summed E-state index contributed by atoms with van der Waals surface area (Å²) in [5, 5.41) is 3.13. The first kappa shape index (κ1) is 14.7. The summed E-state index contributed by atoms with van der Waals surface area (Å²) in [5.74, 6) is 0.104. The molecule has 1 amide bonds. The monoisotopic (exact) mass is 247 g/mol. The van der Waals surface area contributed by atoms with Crippen LogP contribution in [0.15, 0.2) is 18.2 Å². The molecule has 0 saturated heterocycles. The number of amides is 1. The van der Waals surface area contributed by atoms with Crippen LogP contribution >= 0.6 is 0 Å². The first-order valence-electron chi connectivity index (χ1n) is 6.63. The maximum atomic E-state index is 12.0. The van der Waals surface area contributed by atoms with Gasteiger partial charge in [-0.05, 0) is 37.0 Å². The zero-order valence-corrected chi connectivity index (χ0v) is 12.4. The molecule has 0 spiro atoms. The molecule has 1 N–H and O–H groups in total. The van der Waals surface area contributed by atoms with Crippen LogP contribution in [0.25, 0.3) is 0 Å². The average molecular weight is 247 g/mol. The molecule has 0 aliphatic carbocycles. The minimum absolute atomic E-state index is 0.104. The van der Waals surface area contributed by atoms with Crippen molar-refractivity contribution in [2.24, 2.45) is 5.41 Å². The third-order valence-corrected chi connectivity index (χ3v) is 3.33. The number of hydrogen-bond acceptors (Lipinski definition) is 1. The van der Waals surface area contributed by atoms with Gasteiger partial charge in [-0.15, -0.1) is 0 Å². The van der Waals surface area contributed by atoms with Crippen molar-refractivity contribution >= 4 is 5.91 Å². The maximum absolute atomic E-state index is 12.0. The van der Waals surface area contributed by atoms with E-state index in [0.29, 0.717) is 0 Å². The lowest BCUT2D eigenvalue weighted by Crippen LogP contribution is -2.37. The Balaban J connectivity index is 2.90. The largest absolute Gasteiger partial charge is 0.349 e. The highest BCUT2D eigenvalue weighted by molar-refractivity contribution is 5.81. The predicted molar refractivity (Wildman–Crippen MR) is 76.5 cm³/mol. The highest BCUT2D eigenvalue weighted by Gasteiger charge is 2.24. The van der Waals surface area contributed by atoms with Crippen molar-refractivity contribution in [2.45, 2.75) is 54.0 Å². The van der Waals surface area contributed by atoms with E-state index < -0.39 is 0 Å². The SMILES string of the molecule is CC[C@H](NC(=O)C(C)(C)C)c1ccc(C)c(C)c1. The Hall–Kier alpha value is -1.31. The molecule has 0 unspecified atom stereocenters. The van der Waals surface area contributed by atoms with Crippen LogP contribution in [0.4, 0.5) is 0 Å². The molecule has 0 heterocycles. The Morgan fingerprint density at radius 1 is 1.22 bits per heavy atom. The molecule has 0 bridgehead atoms. The fourth-order valence-electron chi connectivity index (χ4n) is 1.78. The van der Waals surface area contributed by atoms with Crippen molar-refractivity contribution in [3.05, 3.63) is 34.9 Å². The van der Waals surface area contributed by atoms with Crippen molar-refractivity contribution in [1.82, 2.24) is 5.32 Å². The van der Waals surface area contributed by atoms with Crippen molar-refractivity contribution < 1.29 is 4.79 Å². The van der Waals surface area contributed by atoms with Gasteiger partial charge in [0.2, 0.25) is 5.91 Å². The summed E-state index contributed by atoms with van der Waals surface area (Å²) in [6, 6.07) is 6.51. The third kappa shape index (κ3) is 3.59. The zero-order valence-electron chi connectivity index (χ0n) is 12.4. The summed E-state index contributed by atoms with van der Waals surface area (Å²) in [6.07, 6.45) is 0.907. The third-order valence-electron chi connectivity index (χ3n) is 3.33. The summed E-state index contributed by atoms with van der Waals surface area (Å²) in [4.78, 5) is 12.0. The van der Waals surface area contributed by atoms with Gasteiger partial charge in [-0.25, -0.2) is 0 Å². The number of carbonyl (C=O) groups is 1. The van der Waals surface area contributed by atoms with E-state index >= 15 is 0 Å². The van der Waals surface area contributed by atoms with Gasteiger partial charge in [-0.2, -0.15) is 0 Å². The number of nitrogens with one attached hydrogen (secondary N) is 1. The van der Waals surface area contributed by atoms with Gasteiger partial charge in [0, 0.05) is 5.41 Å². The molecule has 0 radical (unpaired) electrons. The number of benzene rings is 1. The molecule has 1 aromatic carbocycles. The van der Waals surface area contributed by atoms with Crippen molar-refractivity contribution in [3.8, 4) is 0 Å². The molecule has 0 aliphatic heterocycles. The van der Waals surface area contributed by atoms with Gasteiger partial charge in [0.1, 0.15) is 0 Å². The van der Waals surface area contributed by atoms with E-state index in [1.54, 1.807) is 0 Å². The quantitative estimate of drug-likeness (QED) is 0.862. The predicted octanol–water partition coefficient (Wildman–Crippen LogP) is 3.92. The lowest BCUT2D eigenvalue weighted by Gasteiger charge is -2.24. The molecule has 2 nitrogen and oxygen atoms in total. The molecule has 18 heavy (non-hydrogen) atoms. The minimum atomic E-state index is -0.340. The van der Waals surface area contributed by atoms with Crippen LogP contribution in [0.1, 0.15) is 56.8 Å². The van der Waals surface area contributed by atoms with Gasteiger partial charge in [0.05, 0.1) is 6.04 Å². The lowest BCUT2D eigenvalue weighted by molar-refractivity contribution is -0.129. The summed E-state index contributed by atoms with van der Waals surface area (Å²) < 4.78 is 0. The first-order chi connectivity index (χ1) is 8.25. The van der Waals surface area contributed by atoms with Crippen LogP contribution < -0.4 is 5.32 Å². The van der Waals surface area contributed by atoms with Crippen LogP contribution in [0.3, 0.4) is 0 Å². The number of aryl methyl sites for hydroxylation is 2. The van der Waals surface area contributed by atoms with Crippen LogP contribution in [0.5, 0.6) is 0 Å². The summed E-state index contributed by atoms with van der Waals surface area (Å²) >= 11 is 0. The number of hydrogen-bond donors (Lipinski definition) is 1. The Labute approximate surface area is 111 Å². The van der Waals surface area contributed by atoms with E-state index in [4.69, 9.17) is 0 Å². The van der Waals surface area contributed by atoms with Crippen molar-refractivity contribution in [2.75, 3.05) is 0 Å². The van der Waals surface area contributed by atoms with Crippen LogP contribution in [0, 0.1) is 19.3 Å². The second-order valence-electron chi connectivity index (χ2n) is 6.03. The van der Waals surface area contributed by atoms with E-state index in [9.17, 15) is 4.79 Å². The van der Waals surface area contributed by atoms with Gasteiger partial charge in [-0.3, -0.25) is 4.79 Å². The number of carbonyl (C=O) groups excluding carboxylic acids is 1. The molecule has 100 valence electrons. The van der Waals surface area contributed by atoms with Gasteiger partial charge in [0.15, 0.2) is 0 Å². The molecule has 0 aromatic heterocycles. The molecule has 0 aliphatic rings. The summed E-state index contributed by atoms with van der Waals surface area (Å²) in [6.45, 7) is 12.1.